The van der Waals surface area contributed by atoms with Gasteiger partial charge in [0.05, 0.1) is 0 Å². The lowest BCUT2D eigenvalue weighted by atomic mass is 9.87. The molecular formula is C15H16F2N2O2. The lowest BCUT2D eigenvalue weighted by Crippen LogP contribution is -2.38. The molecule has 1 saturated heterocycles. The number of hydrogen-bond acceptors (Lipinski definition) is 3. The van der Waals surface area contributed by atoms with E-state index in [1.807, 2.05) is 0 Å². The highest BCUT2D eigenvalue weighted by molar-refractivity contribution is 5.19. The minimum atomic E-state index is -0.561. The van der Waals surface area contributed by atoms with Crippen LogP contribution < -0.4 is 10.9 Å². The number of H-pyrrole nitrogens is 1. The molecule has 1 aromatic carbocycles. The van der Waals surface area contributed by atoms with Crippen molar-refractivity contribution in [3.05, 3.63) is 57.6 Å². The lowest BCUT2D eigenvalue weighted by Gasteiger charge is -2.29. The van der Waals surface area contributed by atoms with E-state index >= 15 is 0 Å². The fourth-order valence-electron chi connectivity index (χ4n) is 2.93. The van der Waals surface area contributed by atoms with Crippen molar-refractivity contribution < 1.29 is 13.3 Å². The average molecular weight is 294 g/mol. The van der Waals surface area contributed by atoms with Crippen LogP contribution in [0.2, 0.25) is 0 Å². The zero-order valence-electron chi connectivity index (χ0n) is 11.4. The van der Waals surface area contributed by atoms with Crippen molar-refractivity contribution in [2.24, 2.45) is 0 Å². The molecule has 0 saturated carbocycles. The normalized spacial score (nSPS) is 22.4. The van der Waals surface area contributed by atoms with Crippen LogP contribution in [-0.4, -0.2) is 17.7 Å². The summed E-state index contributed by atoms with van der Waals surface area (Å²) in [6.45, 7) is 0.780. The molecule has 6 heteroatoms. The molecule has 0 radical (unpaired) electrons. The van der Waals surface area contributed by atoms with Gasteiger partial charge in [0.15, 0.2) is 0 Å². The van der Waals surface area contributed by atoms with Crippen molar-refractivity contribution in [2.45, 2.75) is 31.2 Å². The Morgan fingerprint density at radius 3 is 2.62 bits per heavy atom. The summed E-state index contributed by atoms with van der Waals surface area (Å²) in [5, 5.41) is 5.63. The van der Waals surface area contributed by atoms with E-state index in [2.05, 4.69) is 10.5 Å². The second kappa shape index (κ2) is 5.81. The summed E-state index contributed by atoms with van der Waals surface area (Å²) in [5.41, 5.74) is 0.383. The molecule has 1 fully saturated rings. The van der Waals surface area contributed by atoms with Gasteiger partial charge in [0, 0.05) is 24.1 Å². The van der Waals surface area contributed by atoms with E-state index in [0.717, 1.165) is 25.5 Å². The number of nitrogens with one attached hydrogen (secondary N) is 2. The van der Waals surface area contributed by atoms with Gasteiger partial charge in [-0.1, -0.05) is 0 Å². The molecule has 1 aliphatic rings. The Balaban J connectivity index is 1.70. The minimum absolute atomic E-state index is 0.102. The van der Waals surface area contributed by atoms with Crippen molar-refractivity contribution in [1.82, 2.24) is 10.5 Å². The van der Waals surface area contributed by atoms with Crippen LogP contribution in [0, 0.1) is 11.6 Å². The molecule has 3 rings (SSSR count). The maximum atomic E-state index is 13.2. The highest BCUT2D eigenvalue weighted by atomic mass is 19.1. The number of rotatable bonds is 3. The molecule has 0 unspecified atom stereocenters. The Labute approximate surface area is 120 Å². The van der Waals surface area contributed by atoms with Crippen LogP contribution in [0.5, 0.6) is 0 Å². The molecule has 0 aliphatic carbocycles. The quantitative estimate of drug-likeness (QED) is 0.913. The van der Waals surface area contributed by atoms with Crippen LogP contribution >= 0.6 is 0 Å². The van der Waals surface area contributed by atoms with Crippen LogP contribution in [0.25, 0.3) is 0 Å². The smallest absolute Gasteiger partial charge is 0.280 e. The summed E-state index contributed by atoms with van der Waals surface area (Å²) < 4.78 is 31.6. The molecule has 1 aromatic heterocycles. The predicted molar refractivity (Wildman–Crippen MR) is 73.2 cm³/mol. The summed E-state index contributed by atoms with van der Waals surface area (Å²) in [5.74, 6) is -0.325. The number of halogens is 2. The molecule has 21 heavy (non-hydrogen) atoms. The first-order chi connectivity index (χ1) is 10.1. The van der Waals surface area contributed by atoms with E-state index in [1.54, 1.807) is 0 Å². The van der Waals surface area contributed by atoms with Crippen LogP contribution in [-0.2, 0) is 6.42 Å². The van der Waals surface area contributed by atoms with Gasteiger partial charge in [0.1, 0.15) is 17.4 Å². The zero-order valence-corrected chi connectivity index (χ0v) is 11.4. The van der Waals surface area contributed by atoms with Crippen molar-refractivity contribution in [1.29, 1.82) is 0 Å². The van der Waals surface area contributed by atoms with Gasteiger partial charge in [-0.25, -0.2) is 8.78 Å². The van der Waals surface area contributed by atoms with E-state index < -0.39 is 11.6 Å². The Morgan fingerprint density at radius 1 is 1.19 bits per heavy atom. The molecule has 0 amide bonds. The van der Waals surface area contributed by atoms with Gasteiger partial charge in [-0.3, -0.25) is 4.79 Å². The molecule has 2 heterocycles. The van der Waals surface area contributed by atoms with Crippen LogP contribution in [0.4, 0.5) is 8.78 Å². The predicted octanol–water partition coefficient (Wildman–Crippen LogP) is 2.32. The van der Waals surface area contributed by atoms with Crippen molar-refractivity contribution in [3.8, 4) is 0 Å². The molecule has 2 atom stereocenters. The Morgan fingerprint density at radius 2 is 1.95 bits per heavy atom. The Bertz CT molecular complexity index is 660. The standard InChI is InChI=1S/C15H16F2N2O2/c16-11-3-9(4-12(17)7-11)5-13-6-10(1-2-18-13)14-8-15(20)19-21-14/h3-4,7-8,10,13,18H,1-2,5-6H2,(H,19,20)/t10-,13-/m1/s1. The van der Waals surface area contributed by atoms with Gasteiger partial charge < -0.3 is 9.84 Å². The summed E-state index contributed by atoms with van der Waals surface area (Å²) in [6, 6.07) is 5.14. The Kier molecular flexibility index (Phi) is 3.88. The molecule has 2 aromatic rings. The Hall–Kier alpha value is -1.95. The van der Waals surface area contributed by atoms with Crippen molar-refractivity contribution >= 4 is 0 Å². The van der Waals surface area contributed by atoms with Crippen LogP contribution in [0.1, 0.15) is 30.1 Å². The van der Waals surface area contributed by atoms with Gasteiger partial charge in [0.25, 0.3) is 5.56 Å². The maximum absolute atomic E-state index is 13.2. The molecule has 4 nitrogen and oxygen atoms in total. The second-order valence-electron chi connectivity index (χ2n) is 5.47. The second-order valence-corrected chi connectivity index (χ2v) is 5.47. The first-order valence-corrected chi connectivity index (χ1v) is 6.97. The lowest BCUT2D eigenvalue weighted by molar-refractivity contribution is 0.292. The fraction of sp³-hybridized carbons (Fsp3) is 0.400. The first-order valence-electron chi connectivity index (χ1n) is 6.97. The van der Waals surface area contributed by atoms with Crippen LogP contribution in [0.15, 0.2) is 33.6 Å². The van der Waals surface area contributed by atoms with E-state index in [-0.39, 0.29) is 17.5 Å². The number of piperidine rings is 1. The molecule has 1 aliphatic heterocycles. The van der Waals surface area contributed by atoms with Crippen molar-refractivity contribution in [3.63, 3.8) is 0 Å². The van der Waals surface area contributed by atoms with Crippen molar-refractivity contribution in [2.75, 3.05) is 6.54 Å². The first kappa shape index (κ1) is 14.0. The van der Waals surface area contributed by atoms with Gasteiger partial charge in [-0.2, -0.15) is 5.16 Å². The van der Waals surface area contributed by atoms with Gasteiger partial charge in [0.2, 0.25) is 0 Å². The van der Waals surface area contributed by atoms with E-state index in [9.17, 15) is 13.6 Å². The van der Waals surface area contributed by atoms with Crippen LogP contribution in [0.3, 0.4) is 0 Å². The molecule has 2 N–H and O–H groups in total. The summed E-state index contributed by atoms with van der Waals surface area (Å²) >= 11 is 0. The average Bonchev–Trinajstić information content (AvgIpc) is 2.84. The molecule has 112 valence electrons. The highest BCUT2D eigenvalue weighted by Crippen LogP contribution is 2.28. The number of aromatic nitrogens is 1. The van der Waals surface area contributed by atoms with Gasteiger partial charge in [-0.05, 0) is 43.5 Å². The number of hydrogen-bond donors (Lipinski definition) is 2. The largest absolute Gasteiger partial charge is 0.383 e. The number of benzene rings is 1. The van der Waals surface area contributed by atoms with E-state index in [4.69, 9.17) is 4.52 Å². The summed E-state index contributed by atoms with van der Waals surface area (Å²) in [7, 11) is 0. The SMILES string of the molecule is O=c1cc([C@@H]2CCN[C@H](Cc3cc(F)cc(F)c3)C2)o[nH]1. The molecule has 0 spiro atoms. The third kappa shape index (κ3) is 3.39. The third-order valence-electron chi connectivity index (χ3n) is 3.84. The van der Waals surface area contributed by atoms with Gasteiger partial charge >= 0.3 is 0 Å². The molecule has 0 bridgehead atoms. The van der Waals surface area contributed by atoms with Gasteiger partial charge in [-0.15, -0.1) is 0 Å². The topological polar surface area (TPSA) is 58.0 Å². The summed E-state index contributed by atoms with van der Waals surface area (Å²) in [4.78, 5) is 11.1. The van der Waals surface area contributed by atoms with E-state index in [1.165, 1.54) is 18.2 Å². The monoisotopic (exact) mass is 294 g/mol. The van der Waals surface area contributed by atoms with E-state index in [0.29, 0.717) is 17.7 Å². The highest BCUT2D eigenvalue weighted by Gasteiger charge is 2.25. The zero-order chi connectivity index (χ0) is 14.8. The third-order valence-corrected chi connectivity index (χ3v) is 3.84. The maximum Gasteiger partial charge on any atom is 0.280 e. The fourth-order valence-corrected chi connectivity index (χ4v) is 2.93. The summed E-state index contributed by atoms with van der Waals surface area (Å²) in [6.07, 6.45) is 2.17. The number of aromatic amines is 1. The molecular weight excluding hydrogens is 278 g/mol. The minimum Gasteiger partial charge on any atom is -0.383 e.